The highest BCUT2D eigenvalue weighted by Gasteiger charge is 2.45. The van der Waals surface area contributed by atoms with Crippen LogP contribution in [0.15, 0.2) is 55.0 Å². The minimum Gasteiger partial charge on any atom is -0.457 e. The predicted octanol–water partition coefficient (Wildman–Crippen LogP) is 5.76. The molecule has 2 aliphatic rings. The zero-order valence-corrected chi connectivity index (χ0v) is 22.6. The van der Waals surface area contributed by atoms with Gasteiger partial charge in [-0.2, -0.15) is 5.10 Å². The second-order valence-corrected chi connectivity index (χ2v) is 10.9. The summed E-state index contributed by atoms with van der Waals surface area (Å²) in [5, 5.41) is 4.39. The maximum atomic E-state index is 13.3. The molecule has 7 rings (SSSR count). The van der Waals surface area contributed by atoms with Crippen molar-refractivity contribution in [2.75, 3.05) is 13.1 Å². The molecule has 9 nitrogen and oxygen atoms in total. The zero-order chi connectivity index (χ0) is 28.3. The number of carbonyl (C=O) groups excluding carboxylic acids is 1. The number of aromatic amines is 1. The minimum absolute atomic E-state index is 0.0116. The van der Waals surface area contributed by atoms with Gasteiger partial charge in [0.15, 0.2) is 0 Å². The monoisotopic (exact) mass is 555 g/mol. The molecule has 1 amide bonds. The van der Waals surface area contributed by atoms with Gasteiger partial charge in [0.25, 0.3) is 0 Å². The van der Waals surface area contributed by atoms with Crippen LogP contribution in [0.1, 0.15) is 31.2 Å². The van der Waals surface area contributed by atoms with Crippen molar-refractivity contribution in [1.82, 2.24) is 34.6 Å². The van der Waals surface area contributed by atoms with Crippen molar-refractivity contribution in [2.45, 2.75) is 39.2 Å². The molecule has 0 unspecified atom stereocenters. The fraction of sp³-hybridized carbons (Fsp3) is 0.300. The van der Waals surface area contributed by atoms with Crippen molar-refractivity contribution in [3.63, 3.8) is 0 Å². The summed E-state index contributed by atoms with van der Waals surface area (Å²) in [6.07, 6.45) is 6.99. The van der Waals surface area contributed by atoms with E-state index >= 15 is 0 Å². The van der Waals surface area contributed by atoms with Gasteiger partial charge < -0.3 is 14.6 Å². The molecule has 3 aromatic heterocycles. The van der Waals surface area contributed by atoms with E-state index in [-0.39, 0.29) is 24.7 Å². The molecular weight excluding hydrogens is 528 g/mol. The molecule has 0 bridgehead atoms. The Morgan fingerprint density at radius 1 is 1.15 bits per heavy atom. The van der Waals surface area contributed by atoms with Crippen LogP contribution >= 0.6 is 0 Å². The summed E-state index contributed by atoms with van der Waals surface area (Å²) in [6, 6.07) is 9.42. The number of aryl methyl sites for hydroxylation is 1. The first-order chi connectivity index (χ1) is 19.7. The molecule has 5 aromatic rings. The van der Waals surface area contributed by atoms with Gasteiger partial charge in [0.05, 0.1) is 34.6 Å². The van der Waals surface area contributed by atoms with E-state index in [9.17, 15) is 13.6 Å². The Balaban J connectivity index is 1.27. The number of H-pyrrole nitrogens is 1. The molecule has 1 aliphatic carbocycles. The topological polar surface area (TPSA) is 102 Å². The number of hydrogen-bond acceptors (Lipinski definition) is 6. The van der Waals surface area contributed by atoms with E-state index in [4.69, 9.17) is 9.72 Å². The Kier molecular flexibility index (Phi) is 5.84. The highest BCUT2D eigenvalue weighted by atomic mass is 19.3. The number of nitrogens with zero attached hydrogens (tertiary/aromatic N) is 6. The van der Waals surface area contributed by atoms with Crippen molar-refractivity contribution >= 4 is 33.5 Å². The van der Waals surface area contributed by atoms with E-state index in [1.165, 1.54) is 0 Å². The van der Waals surface area contributed by atoms with Gasteiger partial charge in [-0.3, -0.25) is 14.5 Å². The van der Waals surface area contributed by atoms with Crippen molar-refractivity contribution < 1.29 is 18.3 Å². The second kappa shape index (κ2) is 9.46. The van der Waals surface area contributed by atoms with Crippen LogP contribution in [0.4, 0.5) is 8.78 Å². The number of carbonyl (C=O) groups is 1. The van der Waals surface area contributed by atoms with Crippen LogP contribution < -0.4 is 4.74 Å². The fourth-order valence-electron chi connectivity index (χ4n) is 5.65. The molecule has 1 aliphatic heterocycles. The normalized spacial score (nSPS) is 16.8. The van der Waals surface area contributed by atoms with Crippen LogP contribution in [0.25, 0.3) is 38.9 Å². The van der Waals surface area contributed by atoms with Crippen LogP contribution in [-0.2, 0) is 11.3 Å². The Labute approximate surface area is 233 Å². The third kappa shape index (κ3) is 4.81. The van der Waals surface area contributed by atoms with Gasteiger partial charge in [0.2, 0.25) is 11.8 Å². The average molecular weight is 556 g/mol. The van der Waals surface area contributed by atoms with Gasteiger partial charge in [-0.15, -0.1) is 0 Å². The van der Waals surface area contributed by atoms with Crippen molar-refractivity contribution in [3.05, 3.63) is 66.4 Å². The van der Waals surface area contributed by atoms with E-state index in [0.717, 1.165) is 33.6 Å². The third-order valence-electron chi connectivity index (χ3n) is 7.71. The number of fused-ring (bicyclic) bond motifs is 2. The first-order valence-corrected chi connectivity index (χ1v) is 13.5. The standard InChI is InChI=1S/C30H27F2N7O2/c1-17-35-23-4-3-22(9-25(23)36-17)41-27-6-5-24-29(28(27)20-7-8-38(15-20)18(2)40)37-26(13-33-24)21-12-34-39(16-21)14-19-10-30(31,32)11-19/h3-7,9,12-13,16,19H,8,10-11,14-15H2,1-2H3,(H,35,36). The second-order valence-electron chi connectivity index (χ2n) is 10.9. The number of alkyl halides is 2. The number of hydrogen-bond donors (Lipinski definition) is 1. The first kappa shape index (κ1) is 25.3. The van der Waals surface area contributed by atoms with Crippen molar-refractivity contribution in [2.24, 2.45) is 5.92 Å². The lowest BCUT2D eigenvalue weighted by Crippen LogP contribution is -2.37. The fourth-order valence-corrected chi connectivity index (χ4v) is 5.65. The van der Waals surface area contributed by atoms with Crippen LogP contribution in [0.5, 0.6) is 11.5 Å². The summed E-state index contributed by atoms with van der Waals surface area (Å²) in [5.41, 5.74) is 6.09. The van der Waals surface area contributed by atoms with Gasteiger partial charge in [0, 0.05) is 62.8 Å². The molecule has 4 heterocycles. The van der Waals surface area contributed by atoms with Crippen molar-refractivity contribution in [1.29, 1.82) is 0 Å². The van der Waals surface area contributed by atoms with E-state index in [1.807, 2.05) is 49.5 Å². The number of amides is 1. The Hall–Kier alpha value is -4.67. The minimum atomic E-state index is -2.56. The van der Waals surface area contributed by atoms with Gasteiger partial charge in [-0.25, -0.2) is 18.7 Å². The number of halogens is 2. The maximum Gasteiger partial charge on any atom is 0.248 e. The lowest BCUT2D eigenvalue weighted by Gasteiger charge is -2.34. The highest BCUT2D eigenvalue weighted by Crippen LogP contribution is 2.43. The Morgan fingerprint density at radius 2 is 1.98 bits per heavy atom. The van der Waals surface area contributed by atoms with Gasteiger partial charge >= 0.3 is 0 Å². The SMILES string of the molecule is CC(=O)N1CC=C(c2c(Oc3ccc4nc(C)[nH]c4c3)ccc3ncc(-c4cnn(CC5CC(F)(F)C5)c4)nc23)C1. The van der Waals surface area contributed by atoms with Gasteiger partial charge in [0.1, 0.15) is 22.8 Å². The maximum absolute atomic E-state index is 13.3. The molecule has 1 saturated carbocycles. The highest BCUT2D eigenvalue weighted by molar-refractivity contribution is 5.95. The molecule has 1 fully saturated rings. The summed E-state index contributed by atoms with van der Waals surface area (Å²) < 4.78 is 34.7. The lowest BCUT2D eigenvalue weighted by molar-refractivity contribution is -0.127. The van der Waals surface area contributed by atoms with Crippen molar-refractivity contribution in [3.8, 4) is 22.8 Å². The molecule has 0 radical (unpaired) electrons. The molecule has 11 heteroatoms. The van der Waals surface area contributed by atoms with E-state index in [1.54, 1.807) is 28.9 Å². The predicted molar refractivity (Wildman–Crippen MR) is 150 cm³/mol. The van der Waals surface area contributed by atoms with E-state index in [0.29, 0.717) is 47.9 Å². The average Bonchev–Trinajstić information content (AvgIpc) is 3.66. The number of imidazole rings is 1. The van der Waals surface area contributed by atoms with Gasteiger partial charge in [-0.05, 0) is 42.7 Å². The molecule has 41 heavy (non-hydrogen) atoms. The summed E-state index contributed by atoms with van der Waals surface area (Å²) in [6.45, 7) is 4.83. The number of benzene rings is 2. The molecule has 0 spiro atoms. The molecule has 0 saturated heterocycles. The van der Waals surface area contributed by atoms with Gasteiger partial charge in [-0.1, -0.05) is 6.08 Å². The summed E-state index contributed by atoms with van der Waals surface area (Å²) >= 11 is 0. The quantitative estimate of drug-likeness (QED) is 0.286. The summed E-state index contributed by atoms with van der Waals surface area (Å²) in [4.78, 5) is 31.3. The Bertz CT molecular complexity index is 1850. The lowest BCUT2D eigenvalue weighted by atomic mass is 9.81. The van der Waals surface area contributed by atoms with Crippen LogP contribution in [0.2, 0.25) is 0 Å². The zero-order valence-electron chi connectivity index (χ0n) is 22.6. The van der Waals surface area contributed by atoms with Crippen LogP contribution in [0.3, 0.4) is 0 Å². The number of rotatable bonds is 6. The summed E-state index contributed by atoms with van der Waals surface area (Å²) in [7, 11) is 0. The molecule has 0 atom stereocenters. The molecule has 2 aromatic carbocycles. The van der Waals surface area contributed by atoms with Crippen LogP contribution in [0, 0.1) is 12.8 Å². The number of aromatic nitrogens is 6. The first-order valence-electron chi connectivity index (χ1n) is 13.5. The molecule has 1 N–H and O–H groups in total. The van der Waals surface area contributed by atoms with E-state index in [2.05, 4.69) is 20.1 Å². The Morgan fingerprint density at radius 3 is 2.76 bits per heavy atom. The number of nitrogens with one attached hydrogen (secondary N) is 1. The largest absolute Gasteiger partial charge is 0.457 e. The molecular formula is C30H27F2N7O2. The molecule has 208 valence electrons. The number of ether oxygens (including phenoxy) is 1. The van der Waals surface area contributed by atoms with Crippen LogP contribution in [-0.4, -0.2) is 59.5 Å². The third-order valence-corrected chi connectivity index (χ3v) is 7.71. The van der Waals surface area contributed by atoms with E-state index < -0.39 is 5.92 Å². The summed E-state index contributed by atoms with van der Waals surface area (Å²) in [5.74, 6) is -0.608. The smallest absolute Gasteiger partial charge is 0.248 e.